The summed E-state index contributed by atoms with van der Waals surface area (Å²) in [6.45, 7) is 4.18. The highest BCUT2D eigenvalue weighted by Crippen LogP contribution is 2.12. The van der Waals surface area contributed by atoms with E-state index in [-0.39, 0.29) is 0 Å². The second kappa shape index (κ2) is 8.54. The Hall–Kier alpha value is -1.54. The molecule has 2 aromatic rings. The summed E-state index contributed by atoms with van der Waals surface area (Å²) in [5, 5.41) is 0. The SMILES string of the molecule is CC/C=C\c1ccccc1N.Cc1ccc(Br)cc1. The van der Waals surface area contributed by atoms with Gasteiger partial charge in [-0.3, -0.25) is 0 Å². The van der Waals surface area contributed by atoms with Crippen LogP contribution < -0.4 is 5.73 Å². The molecule has 0 fully saturated rings. The Bertz CT molecular complexity index is 494. The predicted molar refractivity (Wildman–Crippen MR) is 89.1 cm³/mol. The summed E-state index contributed by atoms with van der Waals surface area (Å²) in [6.07, 6.45) is 5.20. The van der Waals surface area contributed by atoms with Crippen molar-refractivity contribution in [2.75, 3.05) is 5.73 Å². The molecule has 0 bridgehead atoms. The number of nitrogens with two attached hydrogens (primary N) is 1. The van der Waals surface area contributed by atoms with E-state index in [2.05, 4.69) is 54.1 Å². The number of rotatable bonds is 2. The van der Waals surface area contributed by atoms with Gasteiger partial charge in [0.05, 0.1) is 0 Å². The fraction of sp³-hybridized carbons (Fsp3) is 0.176. The minimum absolute atomic E-state index is 0.845. The van der Waals surface area contributed by atoms with Gasteiger partial charge in [0, 0.05) is 10.2 Å². The van der Waals surface area contributed by atoms with Gasteiger partial charge in [0.15, 0.2) is 0 Å². The lowest BCUT2D eigenvalue weighted by Gasteiger charge is -1.96. The molecule has 19 heavy (non-hydrogen) atoms. The topological polar surface area (TPSA) is 26.0 Å². The number of aryl methyl sites for hydroxylation is 1. The zero-order chi connectivity index (χ0) is 14.1. The van der Waals surface area contributed by atoms with E-state index in [1.807, 2.05) is 36.4 Å². The van der Waals surface area contributed by atoms with Crippen LogP contribution in [-0.4, -0.2) is 0 Å². The van der Waals surface area contributed by atoms with Crippen molar-refractivity contribution in [3.05, 3.63) is 70.2 Å². The zero-order valence-electron chi connectivity index (χ0n) is 11.4. The van der Waals surface area contributed by atoms with Crippen LogP contribution in [0.25, 0.3) is 6.08 Å². The van der Waals surface area contributed by atoms with Crippen molar-refractivity contribution in [3.63, 3.8) is 0 Å². The standard InChI is InChI=1S/C10H13N.C7H7Br/c1-2-3-6-9-7-4-5-8-10(9)11;1-6-2-4-7(8)5-3-6/h3-8H,2,11H2,1H3;2-5H,1H3/b6-3-;. The lowest BCUT2D eigenvalue weighted by molar-refractivity contribution is 1.23. The quantitative estimate of drug-likeness (QED) is 0.732. The zero-order valence-corrected chi connectivity index (χ0v) is 13.0. The van der Waals surface area contributed by atoms with Crippen LogP contribution in [0.1, 0.15) is 24.5 Å². The average molecular weight is 318 g/mol. The number of halogens is 1. The van der Waals surface area contributed by atoms with Crippen molar-refractivity contribution in [1.29, 1.82) is 0 Å². The molecule has 2 rings (SSSR count). The Balaban J connectivity index is 0.000000200. The van der Waals surface area contributed by atoms with Gasteiger partial charge in [-0.15, -0.1) is 0 Å². The first-order valence-electron chi connectivity index (χ1n) is 6.36. The maximum atomic E-state index is 5.71. The Morgan fingerprint density at radius 2 is 1.68 bits per heavy atom. The number of nitrogen functional groups attached to an aromatic ring is 1. The lowest BCUT2D eigenvalue weighted by Crippen LogP contribution is -1.86. The molecule has 0 unspecified atom stereocenters. The molecule has 0 amide bonds. The van der Waals surface area contributed by atoms with Gasteiger partial charge >= 0.3 is 0 Å². The highest BCUT2D eigenvalue weighted by atomic mass is 79.9. The minimum Gasteiger partial charge on any atom is -0.398 e. The van der Waals surface area contributed by atoms with E-state index < -0.39 is 0 Å². The van der Waals surface area contributed by atoms with Crippen LogP contribution in [-0.2, 0) is 0 Å². The molecule has 0 saturated carbocycles. The molecular weight excluding hydrogens is 298 g/mol. The monoisotopic (exact) mass is 317 g/mol. The van der Waals surface area contributed by atoms with Gasteiger partial charge in [-0.05, 0) is 37.1 Å². The molecule has 0 saturated heterocycles. The fourth-order valence-corrected chi connectivity index (χ4v) is 1.71. The number of hydrogen-bond donors (Lipinski definition) is 1. The summed E-state index contributed by atoms with van der Waals surface area (Å²) in [5.74, 6) is 0. The fourth-order valence-electron chi connectivity index (χ4n) is 1.44. The second-order valence-electron chi connectivity index (χ2n) is 4.24. The first-order valence-corrected chi connectivity index (χ1v) is 7.16. The third-order valence-corrected chi connectivity index (χ3v) is 3.07. The maximum Gasteiger partial charge on any atom is 0.0387 e. The third-order valence-electron chi connectivity index (χ3n) is 2.54. The van der Waals surface area contributed by atoms with Crippen molar-refractivity contribution < 1.29 is 0 Å². The van der Waals surface area contributed by atoms with Gasteiger partial charge in [0.2, 0.25) is 0 Å². The molecular formula is C17H20BrN. The first kappa shape index (κ1) is 15.5. The molecule has 0 aliphatic rings. The largest absolute Gasteiger partial charge is 0.398 e. The van der Waals surface area contributed by atoms with Crippen LogP contribution >= 0.6 is 15.9 Å². The molecule has 0 heterocycles. The molecule has 0 aliphatic carbocycles. The smallest absolute Gasteiger partial charge is 0.0387 e. The van der Waals surface area contributed by atoms with Crippen LogP contribution in [0.4, 0.5) is 5.69 Å². The molecule has 0 spiro atoms. The summed E-state index contributed by atoms with van der Waals surface area (Å²) in [6, 6.07) is 16.1. The Morgan fingerprint density at radius 1 is 1.05 bits per heavy atom. The van der Waals surface area contributed by atoms with Crippen LogP contribution in [0.15, 0.2) is 59.1 Å². The molecule has 2 heteroatoms. The second-order valence-corrected chi connectivity index (χ2v) is 5.15. The van der Waals surface area contributed by atoms with E-state index in [0.717, 1.165) is 22.1 Å². The van der Waals surface area contributed by atoms with Crippen molar-refractivity contribution in [2.45, 2.75) is 20.3 Å². The van der Waals surface area contributed by atoms with Crippen LogP contribution in [0, 0.1) is 6.92 Å². The highest BCUT2D eigenvalue weighted by Gasteiger charge is 1.89. The molecule has 1 nitrogen and oxygen atoms in total. The third kappa shape index (κ3) is 6.25. The normalized spacial score (nSPS) is 10.1. The van der Waals surface area contributed by atoms with E-state index in [4.69, 9.17) is 5.73 Å². The Labute approximate surface area is 124 Å². The first-order chi connectivity index (χ1) is 9.13. The molecule has 2 N–H and O–H groups in total. The average Bonchev–Trinajstić information content (AvgIpc) is 2.42. The molecule has 0 atom stereocenters. The number of benzene rings is 2. The van der Waals surface area contributed by atoms with Crippen molar-refractivity contribution in [3.8, 4) is 0 Å². The van der Waals surface area contributed by atoms with E-state index in [1.54, 1.807) is 0 Å². The van der Waals surface area contributed by atoms with Gasteiger partial charge in [-0.2, -0.15) is 0 Å². The molecule has 100 valence electrons. The molecule has 0 aliphatic heterocycles. The summed E-state index contributed by atoms with van der Waals surface area (Å²) in [5.41, 5.74) is 8.96. The van der Waals surface area contributed by atoms with Crippen molar-refractivity contribution in [1.82, 2.24) is 0 Å². The number of hydrogen-bond acceptors (Lipinski definition) is 1. The highest BCUT2D eigenvalue weighted by molar-refractivity contribution is 9.10. The lowest BCUT2D eigenvalue weighted by atomic mass is 10.1. The van der Waals surface area contributed by atoms with Crippen molar-refractivity contribution in [2.24, 2.45) is 0 Å². The van der Waals surface area contributed by atoms with Gasteiger partial charge in [0.25, 0.3) is 0 Å². The van der Waals surface area contributed by atoms with Crippen LogP contribution in [0.3, 0.4) is 0 Å². The summed E-state index contributed by atoms with van der Waals surface area (Å²) in [4.78, 5) is 0. The Kier molecular flexibility index (Phi) is 6.98. The van der Waals surface area contributed by atoms with Gasteiger partial charge in [-0.1, -0.05) is 70.9 Å². The summed E-state index contributed by atoms with van der Waals surface area (Å²) >= 11 is 3.35. The van der Waals surface area contributed by atoms with Crippen molar-refractivity contribution >= 4 is 27.7 Å². The molecule has 2 aromatic carbocycles. The van der Waals surface area contributed by atoms with Crippen LogP contribution in [0.5, 0.6) is 0 Å². The minimum atomic E-state index is 0.845. The maximum absolute atomic E-state index is 5.71. The number of para-hydroxylation sites is 1. The molecule has 0 aromatic heterocycles. The predicted octanol–water partition coefficient (Wildman–Crippen LogP) is 5.45. The van der Waals surface area contributed by atoms with E-state index in [0.29, 0.717) is 0 Å². The van der Waals surface area contributed by atoms with Gasteiger partial charge in [0.1, 0.15) is 0 Å². The van der Waals surface area contributed by atoms with E-state index in [9.17, 15) is 0 Å². The van der Waals surface area contributed by atoms with E-state index in [1.165, 1.54) is 5.56 Å². The summed E-state index contributed by atoms with van der Waals surface area (Å²) < 4.78 is 1.14. The van der Waals surface area contributed by atoms with Crippen LogP contribution in [0.2, 0.25) is 0 Å². The number of anilines is 1. The summed E-state index contributed by atoms with van der Waals surface area (Å²) in [7, 11) is 0. The Morgan fingerprint density at radius 3 is 2.21 bits per heavy atom. The van der Waals surface area contributed by atoms with Gasteiger partial charge < -0.3 is 5.73 Å². The number of allylic oxidation sites excluding steroid dienone is 1. The van der Waals surface area contributed by atoms with E-state index >= 15 is 0 Å². The molecule has 0 radical (unpaired) electrons. The van der Waals surface area contributed by atoms with Gasteiger partial charge in [-0.25, -0.2) is 0 Å².